The van der Waals surface area contributed by atoms with Gasteiger partial charge in [-0.15, -0.1) is 6.58 Å². The number of hydrogen-bond donors (Lipinski definition) is 0. The number of carbonyl (C=O) groups is 1. The second-order valence-electron chi connectivity index (χ2n) is 3.99. The molecule has 1 unspecified atom stereocenters. The highest BCUT2D eigenvalue weighted by Gasteiger charge is 2.52. The van der Waals surface area contributed by atoms with E-state index >= 15 is 0 Å². The summed E-state index contributed by atoms with van der Waals surface area (Å²) in [6.07, 6.45) is 1.60. The molecule has 0 N–H and O–H groups in total. The number of likely N-dealkylation sites (N-methyl/N-ethyl adjacent to an activating group) is 1. The van der Waals surface area contributed by atoms with Crippen molar-refractivity contribution < 1.29 is 14.3 Å². The number of rotatable bonds is 5. The maximum absolute atomic E-state index is 12.5. The van der Waals surface area contributed by atoms with Crippen molar-refractivity contribution in [2.45, 2.75) is 12.7 Å². The highest BCUT2D eigenvalue weighted by Crippen LogP contribution is 2.42. The Labute approximate surface area is 107 Å². The minimum atomic E-state index is -1.33. The Bertz CT molecular complexity index is 472. The standard InChI is InChI=1S/C14H17NO3/c1-4-10-18-14(17-3)11-8-6-7-9-12(11)15(5-2)13(14)16/h4,6-9H,1,5,10H2,2-3H3. The average molecular weight is 247 g/mol. The molecule has 0 aliphatic carbocycles. The fourth-order valence-corrected chi connectivity index (χ4v) is 2.28. The molecule has 96 valence electrons. The highest BCUT2D eigenvalue weighted by atomic mass is 16.7. The molecule has 0 fully saturated rings. The first-order chi connectivity index (χ1) is 8.71. The third kappa shape index (κ3) is 1.65. The molecule has 0 radical (unpaired) electrons. The second kappa shape index (κ2) is 4.92. The van der Waals surface area contributed by atoms with Crippen LogP contribution in [0, 0.1) is 0 Å². The van der Waals surface area contributed by atoms with Gasteiger partial charge in [-0.1, -0.05) is 24.3 Å². The topological polar surface area (TPSA) is 38.8 Å². The van der Waals surface area contributed by atoms with E-state index in [1.807, 2.05) is 31.2 Å². The van der Waals surface area contributed by atoms with Gasteiger partial charge in [-0.3, -0.25) is 4.79 Å². The maximum Gasteiger partial charge on any atom is 0.292 e. The molecule has 1 atom stereocenters. The highest BCUT2D eigenvalue weighted by molar-refractivity contribution is 6.06. The lowest BCUT2D eigenvalue weighted by atomic mass is 10.1. The molecule has 4 heteroatoms. The summed E-state index contributed by atoms with van der Waals surface area (Å²) in [6, 6.07) is 7.52. The van der Waals surface area contributed by atoms with Crippen LogP contribution in [0.25, 0.3) is 0 Å². The van der Waals surface area contributed by atoms with Crippen molar-refractivity contribution in [2.75, 3.05) is 25.2 Å². The first kappa shape index (κ1) is 12.8. The molecular weight excluding hydrogens is 230 g/mol. The van der Waals surface area contributed by atoms with Crippen molar-refractivity contribution >= 4 is 11.6 Å². The van der Waals surface area contributed by atoms with Crippen molar-refractivity contribution in [2.24, 2.45) is 0 Å². The number of fused-ring (bicyclic) bond motifs is 1. The van der Waals surface area contributed by atoms with Crippen molar-refractivity contribution in [1.82, 2.24) is 0 Å². The van der Waals surface area contributed by atoms with Gasteiger partial charge in [0.1, 0.15) is 0 Å². The molecule has 0 bridgehead atoms. The first-order valence-corrected chi connectivity index (χ1v) is 5.92. The van der Waals surface area contributed by atoms with Crippen LogP contribution in [0.5, 0.6) is 0 Å². The Balaban J connectivity index is 2.53. The Morgan fingerprint density at radius 2 is 2.17 bits per heavy atom. The first-order valence-electron chi connectivity index (χ1n) is 5.92. The van der Waals surface area contributed by atoms with Gasteiger partial charge in [-0.05, 0) is 13.0 Å². The van der Waals surface area contributed by atoms with E-state index in [1.165, 1.54) is 7.11 Å². The van der Waals surface area contributed by atoms with Crippen LogP contribution < -0.4 is 4.90 Å². The van der Waals surface area contributed by atoms with Crippen LogP contribution in [0.2, 0.25) is 0 Å². The average Bonchev–Trinajstić information content (AvgIpc) is 2.65. The number of methoxy groups -OCH3 is 1. The van der Waals surface area contributed by atoms with Crippen molar-refractivity contribution in [1.29, 1.82) is 0 Å². The monoisotopic (exact) mass is 247 g/mol. The summed E-state index contributed by atoms with van der Waals surface area (Å²) in [5, 5.41) is 0. The van der Waals surface area contributed by atoms with E-state index in [1.54, 1.807) is 11.0 Å². The van der Waals surface area contributed by atoms with E-state index < -0.39 is 5.79 Å². The summed E-state index contributed by atoms with van der Waals surface area (Å²) in [5.41, 5.74) is 1.59. The lowest BCUT2D eigenvalue weighted by Gasteiger charge is -2.26. The molecule has 1 aromatic carbocycles. The number of anilines is 1. The molecular formula is C14H17NO3. The zero-order valence-corrected chi connectivity index (χ0v) is 10.7. The molecule has 1 amide bonds. The molecule has 1 aliphatic heterocycles. The van der Waals surface area contributed by atoms with Crippen LogP contribution in [0.1, 0.15) is 12.5 Å². The number of hydrogen-bond acceptors (Lipinski definition) is 3. The van der Waals surface area contributed by atoms with Gasteiger partial charge in [-0.25, -0.2) is 0 Å². The van der Waals surface area contributed by atoms with Gasteiger partial charge in [0.05, 0.1) is 12.3 Å². The maximum atomic E-state index is 12.5. The van der Waals surface area contributed by atoms with E-state index in [9.17, 15) is 4.79 Å². The Morgan fingerprint density at radius 3 is 2.78 bits per heavy atom. The molecule has 4 nitrogen and oxygen atoms in total. The molecule has 2 rings (SSSR count). The number of carbonyl (C=O) groups excluding carboxylic acids is 1. The predicted octanol–water partition coefficient (Wildman–Crippen LogP) is 2.05. The van der Waals surface area contributed by atoms with Crippen LogP contribution >= 0.6 is 0 Å². The van der Waals surface area contributed by atoms with E-state index in [2.05, 4.69) is 6.58 Å². The summed E-state index contributed by atoms with van der Waals surface area (Å²) in [6.45, 7) is 6.36. The molecule has 1 heterocycles. The van der Waals surface area contributed by atoms with Crippen LogP contribution in [0.15, 0.2) is 36.9 Å². The molecule has 1 aromatic rings. The van der Waals surface area contributed by atoms with Gasteiger partial charge in [-0.2, -0.15) is 0 Å². The number of para-hydroxylation sites is 1. The molecule has 0 saturated carbocycles. The van der Waals surface area contributed by atoms with Crippen LogP contribution in [0.4, 0.5) is 5.69 Å². The Hall–Kier alpha value is -1.65. The minimum Gasteiger partial charge on any atom is -0.342 e. The van der Waals surface area contributed by atoms with Crippen molar-refractivity contribution in [3.63, 3.8) is 0 Å². The van der Waals surface area contributed by atoms with Gasteiger partial charge >= 0.3 is 0 Å². The SMILES string of the molecule is C=CCOC1(OC)C(=O)N(CC)c2ccccc21. The zero-order valence-electron chi connectivity index (χ0n) is 10.7. The molecule has 0 aromatic heterocycles. The second-order valence-corrected chi connectivity index (χ2v) is 3.99. The van der Waals surface area contributed by atoms with Crippen LogP contribution in [0.3, 0.4) is 0 Å². The molecule has 1 aliphatic rings. The summed E-state index contributed by atoms with van der Waals surface area (Å²) in [4.78, 5) is 14.2. The summed E-state index contributed by atoms with van der Waals surface area (Å²) < 4.78 is 11.0. The summed E-state index contributed by atoms with van der Waals surface area (Å²) >= 11 is 0. The van der Waals surface area contributed by atoms with E-state index in [-0.39, 0.29) is 12.5 Å². The van der Waals surface area contributed by atoms with Gasteiger partial charge in [0.2, 0.25) is 0 Å². The summed E-state index contributed by atoms with van der Waals surface area (Å²) in [7, 11) is 1.48. The number of nitrogens with zero attached hydrogens (tertiary/aromatic N) is 1. The quantitative estimate of drug-likeness (QED) is 0.590. The van der Waals surface area contributed by atoms with E-state index in [0.29, 0.717) is 6.54 Å². The molecule has 18 heavy (non-hydrogen) atoms. The Morgan fingerprint density at radius 1 is 1.44 bits per heavy atom. The van der Waals surface area contributed by atoms with Gasteiger partial charge in [0.15, 0.2) is 0 Å². The Kier molecular flexibility index (Phi) is 3.50. The van der Waals surface area contributed by atoms with Gasteiger partial charge in [0.25, 0.3) is 11.7 Å². The van der Waals surface area contributed by atoms with Crippen molar-refractivity contribution in [3.05, 3.63) is 42.5 Å². The lowest BCUT2D eigenvalue weighted by molar-refractivity contribution is -0.216. The zero-order chi connectivity index (χ0) is 13.2. The van der Waals surface area contributed by atoms with Crippen LogP contribution in [-0.4, -0.2) is 26.2 Å². The minimum absolute atomic E-state index is 0.185. The van der Waals surface area contributed by atoms with E-state index in [0.717, 1.165) is 11.3 Å². The normalized spacial score (nSPS) is 22.1. The fraction of sp³-hybridized carbons (Fsp3) is 0.357. The predicted molar refractivity (Wildman–Crippen MR) is 69.3 cm³/mol. The molecule has 0 saturated heterocycles. The third-order valence-corrected chi connectivity index (χ3v) is 3.08. The molecule has 0 spiro atoms. The van der Waals surface area contributed by atoms with E-state index in [4.69, 9.17) is 9.47 Å². The number of amides is 1. The third-order valence-electron chi connectivity index (χ3n) is 3.08. The van der Waals surface area contributed by atoms with Gasteiger partial charge < -0.3 is 14.4 Å². The summed E-state index contributed by atoms with van der Waals surface area (Å²) in [5.74, 6) is -1.52. The largest absolute Gasteiger partial charge is 0.342 e. The van der Waals surface area contributed by atoms with Gasteiger partial charge in [0, 0.05) is 19.2 Å². The fourth-order valence-electron chi connectivity index (χ4n) is 2.28. The number of benzene rings is 1. The van der Waals surface area contributed by atoms with Crippen LogP contribution in [-0.2, 0) is 20.1 Å². The van der Waals surface area contributed by atoms with Crippen molar-refractivity contribution in [3.8, 4) is 0 Å². The lowest BCUT2D eigenvalue weighted by Crippen LogP contribution is -2.43. The number of ether oxygens (including phenoxy) is 2. The smallest absolute Gasteiger partial charge is 0.292 e.